The fraction of sp³-hybridized carbons (Fsp3) is 0.778. The average molecular weight is 169 g/mol. The fourth-order valence-corrected chi connectivity index (χ4v) is 1.39. The number of nitrogens with zero attached hydrogens (tertiary/aromatic N) is 1. The van der Waals surface area contributed by atoms with E-state index in [2.05, 4.69) is 11.7 Å². The monoisotopic (exact) mass is 169 g/mol. The number of hydrogen-bond acceptors (Lipinski definition) is 2. The van der Waals surface area contributed by atoms with Gasteiger partial charge in [-0.25, -0.2) is 0 Å². The number of amides is 1. The molecule has 3 nitrogen and oxygen atoms in total. The highest BCUT2D eigenvalue weighted by Gasteiger charge is 2.15. The van der Waals surface area contributed by atoms with Crippen LogP contribution in [0.25, 0.3) is 0 Å². The van der Waals surface area contributed by atoms with Crippen LogP contribution < -0.4 is 5.32 Å². The van der Waals surface area contributed by atoms with Gasteiger partial charge in [-0.15, -0.1) is 0 Å². The van der Waals surface area contributed by atoms with Gasteiger partial charge in [0.15, 0.2) is 0 Å². The zero-order valence-corrected chi connectivity index (χ0v) is 7.68. The van der Waals surface area contributed by atoms with Gasteiger partial charge in [0.25, 0.3) is 0 Å². The summed E-state index contributed by atoms with van der Waals surface area (Å²) < 4.78 is 0. The predicted octanol–water partition coefficient (Wildman–Crippen LogP) is 0.423. The molecule has 0 aromatic rings. The van der Waals surface area contributed by atoms with Gasteiger partial charge < -0.3 is 10.2 Å². The van der Waals surface area contributed by atoms with Gasteiger partial charge in [0.2, 0.25) is 5.91 Å². The molecule has 1 N–H and O–H groups in total. The van der Waals surface area contributed by atoms with Crippen LogP contribution in [0.3, 0.4) is 0 Å². The van der Waals surface area contributed by atoms with Gasteiger partial charge in [0, 0.05) is 26.1 Å². The minimum atomic E-state index is 0.289. The Bertz CT molecular complexity index is 141. The second-order valence-corrected chi connectivity index (χ2v) is 3.10. The van der Waals surface area contributed by atoms with Gasteiger partial charge in [-0.2, -0.15) is 0 Å². The van der Waals surface area contributed by atoms with E-state index < -0.39 is 0 Å². The number of carbonyl (C=O) groups is 1. The summed E-state index contributed by atoms with van der Waals surface area (Å²) in [7, 11) is 1.87. The summed E-state index contributed by atoms with van der Waals surface area (Å²) in [6, 6.07) is 0. The van der Waals surface area contributed by atoms with E-state index in [4.69, 9.17) is 0 Å². The largest absolute Gasteiger partial charge is 0.343 e. The molecule has 0 aromatic carbocycles. The highest BCUT2D eigenvalue weighted by Crippen LogP contribution is 2.08. The van der Waals surface area contributed by atoms with Gasteiger partial charge >= 0.3 is 0 Å². The van der Waals surface area contributed by atoms with E-state index >= 15 is 0 Å². The summed E-state index contributed by atoms with van der Waals surface area (Å²) in [6.45, 7) is 2.63. The first-order chi connectivity index (χ1) is 5.84. The van der Waals surface area contributed by atoms with E-state index in [1.165, 1.54) is 0 Å². The number of rotatable bonds is 3. The van der Waals surface area contributed by atoms with Gasteiger partial charge in [0.05, 0.1) is 0 Å². The molecule has 1 amide bonds. The van der Waals surface area contributed by atoms with E-state index in [0.717, 1.165) is 32.5 Å². The van der Waals surface area contributed by atoms with Crippen LogP contribution in [0, 0.1) is 6.42 Å². The van der Waals surface area contributed by atoms with Crippen LogP contribution >= 0.6 is 0 Å². The molecule has 0 aliphatic carbocycles. The minimum absolute atomic E-state index is 0.289. The van der Waals surface area contributed by atoms with Crippen molar-refractivity contribution in [3.05, 3.63) is 6.42 Å². The van der Waals surface area contributed by atoms with Crippen molar-refractivity contribution in [3.8, 4) is 0 Å². The highest BCUT2D eigenvalue weighted by molar-refractivity contribution is 5.76. The van der Waals surface area contributed by atoms with Crippen molar-refractivity contribution in [2.24, 2.45) is 0 Å². The van der Waals surface area contributed by atoms with Crippen LogP contribution in [0.2, 0.25) is 0 Å². The lowest BCUT2D eigenvalue weighted by Crippen LogP contribution is -2.36. The van der Waals surface area contributed by atoms with Crippen LogP contribution in [-0.2, 0) is 4.79 Å². The summed E-state index contributed by atoms with van der Waals surface area (Å²) in [4.78, 5) is 13.4. The summed E-state index contributed by atoms with van der Waals surface area (Å²) in [5.74, 6) is 0.289. The maximum Gasteiger partial charge on any atom is 0.223 e. The second-order valence-electron chi connectivity index (χ2n) is 3.10. The first-order valence-corrected chi connectivity index (χ1v) is 4.58. The standard InChI is InChI=1S/C9H17N2O/c1-10-6-5-9(12)11-7-3-2-4-8-11/h2,10H,3-8H2,1H3. The van der Waals surface area contributed by atoms with E-state index in [0.29, 0.717) is 6.42 Å². The molecule has 0 atom stereocenters. The zero-order chi connectivity index (χ0) is 8.81. The van der Waals surface area contributed by atoms with Crippen molar-refractivity contribution in [2.75, 3.05) is 26.7 Å². The van der Waals surface area contributed by atoms with Crippen LogP contribution in [0.5, 0.6) is 0 Å². The molecule has 0 unspecified atom stereocenters. The molecule has 1 radical (unpaired) electrons. The van der Waals surface area contributed by atoms with Crippen LogP contribution in [0.4, 0.5) is 0 Å². The normalized spacial score (nSPS) is 17.9. The molecule has 0 saturated carbocycles. The average Bonchev–Trinajstić information content (AvgIpc) is 2.15. The van der Waals surface area contributed by atoms with E-state index in [-0.39, 0.29) is 5.91 Å². The van der Waals surface area contributed by atoms with Gasteiger partial charge in [-0.1, -0.05) is 0 Å². The molecule has 1 saturated heterocycles. The van der Waals surface area contributed by atoms with Gasteiger partial charge in [-0.3, -0.25) is 4.79 Å². The fourth-order valence-electron chi connectivity index (χ4n) is 1.39. The third-order valence-corrected chi connectivity index (χ3v) is 2.15. The Morgan fingerprint density at radius 3 is 2.75 bits per heavy atom. The molecule has 12 heavy (non-hydrogen) atoms. The van der Waals surface area contributed by atoms with Crippen LogP contribution in [-0.4, -0.2) is 37.5 Å². The molecule has 1 aliphatic heterocycles. The number of likely N-dealkylation sites (tertiary alicyclic amines) is 1. The molecule has 0 bridgehead atoms. The summed E-state index contributed by atoms with van der Waals surface area (Å²) in [5, 5.41) is 2.98. The summed E-state index contributed by atoms with van der Waals surface area (Å²) >= 11 is 0. The molecule has 1 aliphatic rings. The zero-order valence-electron chi connectivity index (χ0n) is 7.68. The molecule has 1 heterocycles. The quantitative estimate of drug-likeness (QED) is 0.664. The first-order valence-electron chi connectivity index (χ1n) is 4.58. The number of carbonyl (C=O) groups excluding carboxylic acids is 1. The smallest absolute Gasteiger partial charge is 0.223 e. The minimum Gasteiger partial charge on any atom is -0.343 e. The summed E-state index contributed by atoms with van der Waals surface area (Å²) in [5.41, 5.74) is 0. The number of nitrogens with one attached hydrogen (secondary N) is 1. The Balaban J connectivity index is 2.20. The maximum absolute atomic E-state index is 11.4. The lowest BCUT2D eigenvalue weighted by Gasteiger charge is -2.26. The van der Waals surface area contributed by atoms with Crippen molar-refractivity contribution < 1.29 is 4.79 Å². The predicted molar refractivity (Wildman–Crippen MR) is 48.7 cm³/mol. The second kappa shape index (κ2) is 5.14. The molecule has 1 fully saturated rings. The lowest BCUT2D eigenvalue weighted by atomic mass is 10.1. The Morgan fingerprint density at radius 2 is 2.17 bits per heavy atom. The van der Waals surface area contributed by atoms with Crippen molar-refractivity contribution in [1.29, 1.82) is 0 Å². The Morgan fingerprint density at radius 1 is 1.50 bits per heavy atom. The molecular formula is C9H17N2O. The topological polar surface area (TPSA) is 32.3 Å². The third kappa shape index (κ3) is 2.81. The summed E-state index contributed by atoms with van der Waals surface area (Å²) in [6.07, 6.45) is 5.01. The van der Waals surface area contributed by atoms with Crippen molar-refractivity contribution in [2.45, 2.75) is 19.3 Å². The molecule has 0 spiro atoms. The van der Waals surface area contributed by atoms with E-state index in [1.807, 2.05) is 11.9 Å². The van der Waals surface area contributed by atoms with Crippen LogP contribution in [0.15, 0.2) is 0 Å². The van der Waals surface area contributed by atoms with Gasteiger partial charge in [-0.05, 0) is 26.3 Å². The Hall–Kier alpha value is -0.570. The van der Waals surface area contributed by atoms with E-state index in [9.17, 15) is 4.79 Å². The SMILES string of the molecule is CNCCC(=O)N1CC[CH]CC1. The van der Waals surface area contributed by atoms with Crippen molar-refractivity contribution >= 4 is 5.91 Å². The highest BCUT2D eigenvalue weighted by atomic mass is 16.2. The molecule has 69 valence electrons. The third-order valence-electron chi connectivity index (χ3n) is 2.15. The Kier molecular flexibility index (Phi) is 4.08. The van der Waals surface area contributed by atoms with Crippen molar-refractivity contribution in [1.82, 2.24) is 10.2 Å². The molecular weight excluding hydrogens is 152 g/mol. The molecule has 3 heteroatoms. The maximum atomic E-state index is 11.4. The molecule has 1 rings (SSSR count). The number of hydrogen-bond donors (Lipinski definition) is 1. The van der Waals surface area contributed by atoms with Gasteiger partial charge in [0.1, 0.15) is 0 Å². The number of piperidine rings is 1. The van der Waals surface area contributed by atoms with Crippen molar-refractivity contribution in [3.63, 3.8) is 0 Å². The Labute approximate surface area is 74.1 Å². The van der Waals surface area contributed by atoms with E-state index in [1.54, 1.807) is 0 Å². The lowest BCUT2D eigenvalue weighted by molar-refractivity contribution is -0.131. The molecule has 0 aromatic heterocycles. The first kappa shape index (κ1) is 9.52. The van der Waals surface area contributed by atoms with Crippen LogP contribution in [0.1, 0.15) is 19.3 Å².